The molecule has 0 spiro atoms. The topological polar surface area (TPSA) is 106 Å². The van der Waals surface area contributed by atoms with Crippen LogP contribution in [0.25, 0.3) is 22.5 Å². The van der Waals surface area contributed by atoms with Gasteiger partial charge in [0.15, 0.2) is 17.4 Å². The fourth-order valence-electron chi connectivity index (χ4n) is 5.67. The van der Waals surface area contributed by atoms with Crippen LogP contribution < -0.4 is 19.7 Å². The molecule has 182 valence electrons. The molecular formula is C26H30N6O3. The first-order valence-electron chi connectivity index (χ1n) is 12.3. The van der Waals surface area contributed by atoms with Gasteiger partial charge in [0, 0.05) is 36.4 Å². The highest BCUT2D eigenvalue weighted by Crippen LogP contribution is 2.37. The van der Waals surface area contributed by atoms with E-state index in [0.717, 1.165) is 29.8 Å². The number of aromatic hydroxyl groups is 1. The fraction of sp³-hybridized carbons (Fsp3) is 0.462. The molecule has 1 aromatic carbocycles. The summed E-state index contributed by atoms with van der Waals surface area (Å²) in [5.74, 6) is 2.32. The van der Waals surface area contributed by atoms with E-state index < -0.39 is 0 Å². The maximum atomic E-state index is 10.7. The summed E-state index contributed by atoms with van der Waals surface area (Å²) in [6, 6.07) is 8.22. The van der Waals surface area contributed by atoms with E-state index in [-0.39, 0.29) is 11.3 Å². The quantitative estimate of drug-likeness (QED) is 0.587. The average molecular weight is 475 g/mol. The van der Waals surface area contributed by atoms with Gasteiger partial charge in [0.25, 0.3) is 5.88 Å². The van der Waals surface area contributed by atoms with E-state index in [0.29, 0.717) is 48.3 Å². The van der Waals surface area contributed by atoms with Crippen molar-refractivity contribution in [3.8, 4) is 39.9 Å². The molecule has 3 aromatic rings. The number of rotatable bonds is 4. The van der Waals surface area contributed by atoms with Gasteiger partial charge in [-0.1, -0.05) is 12.5 Å². The van der Waals surface area contributed by atoms with Crippen molar-refractivity contribution in [3.05, 3.63) is 36.7 Å². The van der Waals surface area contributed by atoms with Crippen LogP contribution in [0.5, 0.6) is 17.4 Å². The number of nitrogens with zero attached hydrogens (tertiary/aromatic N) is 5. The van der Waals surface area contributed by atoms with Gasteiger partial charge < -0.3 is 24.8 Å². The number of hydrogen-bond donors (Lipinski definition) is 2. The number of benzene rings is 1. The third-order valence-corrected chi connectivity index (χ3v) is 7.50. The number of ether oxygens (including phenoxy) is 2. The van der Waals surface area contributed by atoms with Crippen LogP contribution in [-0.2, 0) is 0 Å². The predicted molar refractivity (Wildman–Crippen MR) is 132 cm³/mol. The van der Waals surface area contributed by atoms with E-state index in [1.54, 1.807) is 24.5 Å². The maximum absolute atomic E-state index is 10.7. The lowest BCUT2D eigenvalue weighted by molar-refractivity contribution is 0.140. The van der Waals surface area contributed by atoms with Gasteiger partial charge in [0.1, 0.15) is 19.0 Å². The molecule has 2 aromatic heterocycles. The second kappa shape index (κ2) is 8.64. The zero-order valence-corrected chi connectivity index (χ0v) is 20.1. The summed E-state index contributed by atoms with van der Waals surface area (Å²) in [6.07, 6.45) is 9.40. The molecule has 9 nitrogen and oxygen atoms in total. The van der Waals surface area contributed by atoms with Crippen molar-refractivity contribution in [3.63, 3.8) is 0 Å². The summed E-state index contributed by atoms with van der Waals surface area (Å²) in [6.45, 7) is 3.32. The van der Waals surface area contributed by atoms with E-state index in [4.69, 9.17) is 9.47 Å². The van der Waals surface area contributed by atoms with E-state index in [9.17, 15) is 5.11 Å². The summed E-state index contributed by atoms with van der Waals surface area (Å²) in [4.78, 5) is 11.1. The summed E-state index contributed by atoms with van der Waals surface area (Å²) in [7, 11) is 2.08. The highest BCUT2D eigenvalue weighted by Gasteiger charge is 2.40. The van der Waals surface area contributed by atoms with E-state index in [1.807, 2.05) is 12.1 Å². The Bertz CT molecular complexity index is 1240. The van der Waals surface area contributed by atoms with Crippen LogP contribution in [0.3, 0.4) is 0 Å². The molecule has 3 aliphatic heterocycles. The van der Waals surface area contributed by atoms with Crippen LogP contribution in [0, 0.1) is 0 Å². The highest BCUT2D eigenvalue weighted by molar-refractivity contribution is 5.73. The normalized spacial score (nSPS) is 25.2. The van der Waals surface area contributed by atoms with E-state index >= 15 is 0 Å². The summed E-state index contributed by atoms with van der Waals surface area (Å²) in [5.41, 5.74) is 2.36. The van der Waals surface area contributed by atoms with Gasteiger partial charge in [-0.2, -0.15) is 0 Å². The van der Waals surface area contributed by atoms with Crippen LogP contribution >= 0.6 is 0 Å². The molecule has 35 heavy (non-hydrogen) atoms. The third kappa shape index (κ3) is 4.25. The Hall–Kier alpha value is -3.46. The monoisotopic (exact) mass is 474 g/mol. The van der Waals surface area contributed by atoms with Crippen LogP contribution in [0.15, 0.2) is 36.7 Å². The van der Waals surface area contributed by atoms with Crippen LogP contribution in [0.4, 0.5) is 5.82 Å². The van der Waals surface area contributed by atoms with Crippen LogP contribution in [0.2, 0.25) is 0 Å². The molecule has 0 aliphatic carbocycles. The molecule has 3 atom stereocenters. The minimum atomic E-state index is 0.0828. The van der Waals surface area contributed by atoms with Gasteiger partial charge in [0.05, 0.1) is 11.8 Å². The molecule has 0 saturated carbocycles. The molecule has 3 aliphatic rings. The maximum Gasteiger partial charge on any atom is 0.257 e. The molecule has 2 N–H and O–H groups in total. The Morgan fingerprint density at radius 1 is 1.09 bits per heavy atom. The van der Waals surface area contributed by atoms with Gasteiger partial charge in [0.2, 0.25) is 0 Å². The van der Waals surface area contributed by atoms with Gasteiger partial charge >= 0.3 is 0 Å². The zero-order valence-electron chi connectivity index (χ0n) is 20.1. The predicted octanol–water partition coefficient (Wildman–Crippen LogP) is 3.58. The summed E-state index contributed by atoms with van der Waals surface area (Å²) >= 11 is 0. The van der Waals surface area contributed by atoms with Gasteiger partial charge in [-0.05, 0) is 56.4 Å². The number of pyridine rings is 1. The SMILES string of the molecule is CN(c1cnc(-c2ccc(-c3cnc4c(c3)OCCO4)cc2O)nn1)[C@@H]1C[C@H]2CCC[C@@](C)(C1)N2. The lowest BCUT2D eigenvalue weighted by atomic mass is 9.75. The Morgan fingerprint density at radius 3 is 2.77 bits per heavy atom. The number of hydrogen-bond acceptors (Lipinski definition) is 9. The summed E-state index contributed by atoms with van der Waals surface area (Å²) in [5, 5.41) is 23.4. The zero-order chi connectivity index (χ0) is 24.0. The van der Waals surface area contributed by atoms with Crippen molar-refractivity contribution in [2.75, 3.05) is 25.2 Å². The number of piperidine rings is 2. The molecule has 9 heteroatoms. The number of nitrogens with one attached hydrogen (secondary N) is 1. The van der Waals surface area contributed by atoms with Gasteiger partial charge in [-0.25, -0.2) is 9.97 Å². The molecular weight excluding hydrogens is 444 g/mol. The second-order valence-electron chi connectivity index (χ2n) is 10.1. The first-order chi connectivity index (χ1) is 17.0. The Kier molecular flexibility index (Phi) is 5.44. The molecule has 0 amide bonds. The van der Waals surface area contributed by atoms with Gasteiger partial charge in [-0.3, -0.25) is 0 Å². The average Bonchev–Trinajstić information content (AvgIpc) is 2.87. The number of phenolic OH excluding ortho intramolecular Hbond substituents is 1. The number of fused-ring (bicyclic) bond motifs is 3. The van der Waals surface area contributed by atoms with Crippen molar-refractivity contribution < 1.29 is 14.6 Å². The molecule has 0 radical (unpaired) electrons. The Labute approximate surface area is 204 Å². The Morgan fingerprint density at radius 2 is 1.97 bits per heavy atom. The minimum absolute atomic E-state index is 0.0828. The van der Waals surface area contributed by atoms with E-state index in [1.165, 1.54) is 19.3 Å². The number of aromatic nitrogens is 4. The molecule has 0 unspecified atom stereocenters. The molecule has 2 saturated heterocycles. The van der Waals surface area contributed by atoms with E-state index in [2.05, 4.69) is 44.4 Å². The molecule has 2 bridgehead atoms. The first-order valence-corrected chi connectivity index (χ1v) is 12.3. The van der Waals surface area contributed by atoms with Crippen molar-refractivity contribution in [1.82, 2.24) is 25.5 Å². The standard InChI is InChI=1S/C26H30N6O3/c1-26-7-3-4-18(29-26)12-19(13-26)32(2)23-15-27-24(31-30-23)20-6-5-16(10-21(20)33)17-11-22-25(28-14-17)35-9-8-34-22/h5-6,10-11,14-15,18-19,29,33H,3-4,7-9,12-13H2,1-2H3/t18-,19-,26+/m1/s1. The molecule has 6 rings (SSSR count). The van der Waals surface area contributed by atoms with Crippen molar-refractivity contribution in [2.24, 2.45) is 0 Å². The van der Waals surface area contributed by atoms with Crippen molar-refractivity contribution in [2.45, 2.75) is 56.7 Å². The highest BCUT2D eigenvalue weighted by atomic mass is 16.6. The third-order valence-electron chi connectivity index (χ3n) is 7.50. The smallest absolute Gasteiger partial charge is 0.257 e. The van der Waals surface area contributed by atoms with Crippen molar-refractivity contribution >= 4 is 5.82 Å². The first kappa shape index (κ1) is 22.0. The molecule has 5 heterocycles. The van der Waals surface area contributed by atoms with Crippen molar-refractivity contribution in [1.29, 1.82) is 0 Å². The van der Waals surface area contributed by atoms with Crippen LogP contribution in [-0.4, -0.2) is 63.2 Å². The second-order valence-corrected chi connectivity index (χ2v) is 10.1. The lowest BCUT2D eigenvalue weighted by Crippen LogP contribution is -2.61. The number of anilines is 1. The van der Waals surface area contributed by atoms with Crippen LogP contribution in [0.1, 0.15) is 39.0 Å². The van der Waals surface area contributed by atoms with Gasteiger partial charge in [-0.15, -0.1) is 10.2 Å². The largest absolute Gasteiger partial charge is 0.507 e. The molecule has 2 fully saturated rings. The fourth-order valence-corrected chi connectivity index (χ4v) is 5.67. The lowest BCUT2D eigenvalue weighted by Gasteiger charge is -2.49. The number of phenols is 1. The Balaban J connectivity index is 1.20. The minimum Gasteiger partial charge on any atom is -0.507 e. The summed E-state index contributed by atoms with van der Waals surface area (Å²) < 4.78 is 11.1.